The standard InChI is InChI=1S/C19H28N2O6/c1-18(2,3)26-16(24)20(7)13-10-9-12(15(22)23)11-14(13)21(8)17(25)27-19(4,5)6/h9-11H,1-8H3,(H,22,23). The van der Waals surface area contributed by atoms with E-state index in [4.69, 9.17) is 9.47 Å². The monoisotopic (exact) mass is 380 g/mol. The second-order valence-electron chi connectivity index (χ2n) is 8.09. The first-order valence-corrected chi connectivity index (χ1v) is 8.43. The fourth-order valence-electron chi connectivity index (χ4n) is 2.07. The van der Waals surface area contributed by atoms with E-state index in [2.05, 4.69) is 0 Å². The molecule has 0 saturated heterocycles. The van der Waals surface area contributed by atoms with Crippen LogP contribution in [0, 0.1) is 0 Å². The van der Waals surface area contributed by atoms with Crippen molar-refractivity contribution in [1.82, 2.24) is 0 Å². The normalized spacial score (nSPS) is 11.6. The van der Waals surface area contributed by atoms with Crippen molar-refractivity contribution in [2.45, 2.75) is 52.7 Å². The molecule has 0 fully saturated rings. The highest BCUT2D eigenvalue weighted by atomic mass is 16.6. The number of amides is 2. The first-order chi connectivity index (χ1) is 12.1. The molecule has 0 aliphatic rings. The maximum atomic E-state index is 12.4. The van der Waals surface area contributed by atoms with Gasteiger partial charge in [0.2, 0.25) is 0 Å². The minimum atomic E-state index is -1.15. The largest absolute Gasteiger partial charge is 0.478 e. The third-order valence-corrected chi connectivity index (χ3v) is 3.28. The Bertz CT molecular complexity index is 731. The van der Waals surface area contributed by atoms with E-state index in [1.165, 1.54) is 37.2 Å². The average Bonchev–Trinajstić information content (AvgIpc) is 2.49. The lowest BCUT2D eigenvalue weighted by Gasteiger charge is -2.29. The van der Waals surface area contributed by atoms with E-state index in [0.29, 0.717) is 5.69 Å². The van der Waals surface area contributed by atoms with Crippen molar-refractivity contribution in [3.8, 4) is 0 Å². The number of carbonyl (C=O) groups is 3. The van der Waals surface area contributed by atoms with Gasteiger partial charge in [-0.2, -0.15) is 0 Å². The minimum absolute atomic E-state index is 0.0262. The molecule has 0 aliphatic carbocycles. The van der Waals surface area contributed by atoms with Gasteiger partial charge in [0.15, 0.2) is 0 Å². The number of hydrogen-bond acceptors (Lipinski definition) is 5. The molecule has 1 aromatic rings. The van der Waals surface area contributed by atoms with Crippen molar-refractivity contribution in [2.75, 3.05) is 23.9 Å². The quantitative estimate of drug-likeness (QED) is 0.847. The molecule has 150 valence electrons. The lowest BCUT2D eigenvalue weighted by molar-refractivity contribution is 0.0572. The second-order valence-corrected chi connectivity index (χ2v) is 8.09. The second kappa shape index (κ2) is 7.85. The maximum absolute atomic E-state index is 12.4. The molecule has 0 aliphatic heterocycles. The predicted molar refractivity (Wildman–Crippen MR) is 103 cm³/mol. The number of nitrogens with zero attached hydrogens (tertiary/aromatic N) is 2. The summed E-state index contributed by atoms with van der Waals surface area (Å²) in [4.78, 5) is 38.6. The van der Waals surface area contributed by atoms with Crippen LogP contribution >= 0.6 is 0 Å². The SMILES string of the molecule is CN(C(=O)OC(C)(C)C)c1ccc(C(=O)O)cc1N(C)C(=O)OC(C)(C)C. The first-order valence-electron chi connectivity index (χ1n) is 8.43. The molecular weight excluding hydrogens is 352 g/mol. The summed E-state index contributed by atoms with van der Waals surface area (Å²) < 4.78 is 10.7. The molecule has 0 bridgehead atoms. The van der Waals surface area contributed by atoms with E-state index in [1.807, 2.05) is 0 Å². The van der Waals surface area contributed by atoms with E-state index < -0.39 is 29.4 Å². The van der Waals surface area contributed by atoms with E-state index in [0.717, 1.165) is 4.90 Å². The topological polar surface area (TPSA) is 96.4 Å². The van der Waals surface area contributed by atoms with Crippen LogP contribution in [0.3, 0.4) is 0 Å². The summed E-state index contributed by atoms with van der Waals surface area (Å²) in [6.45, 7) is 10.4. The number of hydrogen-bond donors (Lipinski definition) is 1. The number of carboxylic acids is 1. The van der Waals surface area contributed by atoms with Gasteiger partial charge in [-0.1, -0.05) is 0 Å². The highest BCUT2D eigenvalue weighted by Crippen LogP contribution is 2.31. The van der Waals surface area contributed by atoms with Gasteiger partial charge in [0, 0.05) is 14.1 Å². The van der Waals surface area contributed by atoms with Crippen LogP contribution in [0.4, 0.5) is 21.0 Å². The summed E-state index contributed by atoms with van der Waals surface area (Å²) >= 11 is 0. The van der Waals surface area contributed by atoms with Crippen LogP contribution in [0.1, 0.15) is 51.9 Å². The van der Waals surface area contributed by atoms with Crippen molar-refractivity contribution in [3.05, 3.63) is 23.8 Å². The molecule has 1 aromatic carbocycles. The summed E-state index contributed by atoms with van der Waals surface area (Å²) in [5.74, 6) is -1.15. The zero-order valence-corrected chi connectivity index (χ0v) is 17.1. The van der Waals surface area contributed by atoms with Gasteiger partial charge in [-0.3, -0.25) is 9.80 Å². The zero-order valence-electron chi connectivity index (χ0n) is 17.1. The Balaban J connectivity index is 3.34. The van der Waals surface area contributed by atoms with Crippen LogP contribution in [0.15, 0.2) is 18.2 Å². The fourth-order valence-corrected chi connectivity index (χ4v) is 2.07. The average molecular weight is 380 g/mol. The van der Waals surface area contributed by atoms with Crippen LogP contribution in [-0.2, 0) is 9.47 Å². The number of carbonyl (C=O) groups excluding carboxylic acids is 2. The number of ether oxygens (including phenoxy) is 2. The highest BCUT2D eigenvalue weighted by molar-refractivity contribution is 6.00. The third-order valence-electron chi connectivity index (χ3n) is 3.28. The van der Waals surface area contributed by atoms with E-state index in [1.54, 1.807) is 41.5 Å². The van der Waals surface area contributed by atoms with Crippen LogP contribution < -0.4 is 9.80 Å². The summed E-state index contributed by atoms with van der Waals surface area (Å²) in [6.07, 6.45) is -1.31. The van der Waals surface area contributed by atoms with Gasteiger partial charge in [-0.15, -0.1) is 0 Å². The van der Waals surface area contributed by atoms with E-state index in [9.17, 15) is 19.5 Å². The molecule has 27 heavy (non-hydrogen) atoms. The van der Waals surface area contributed by atoms with Crippen molar-refractivity contribution >= 4 is 29.5 Å². The van der Waals surface area contributed by atoms with Gasteiger partial charge in [-0.05, 0) is 59.7 Å². The smallest absolute Gasteiger partial charge is 0.414 e. The van der Waals surface area contributed by atoms with Crippen molar-refractivity contribution < 1.29 is 29.0 Å². The molecule has 0 heterocycles. The van der Waals surface area contributed by atoms with E-state index >= 15 is 0 Å². The Hall–Kier alpha value is -2.77. The van der Waals surface area contributed by atoms with Gasteiger partial charge in [0.05, 0.1) is 16.9 Å². The van der Waals surface area contributed by atoms with Gasteiger partial charge < -0.3 is 14.6 Å². The van der Waals surface area contributed by atoms with Crippen LogP contribution in [-0.4, -0.2) is 48.6 Å². The molecule has 1 rings (SSSR count). The lowest BCUT2D eigenvalue weighted by atomic mass is 10.1. The van der Waals surface area contributed by atoms with Crippen LogP contribution in [0.2, 0.25) is 0 Å². The highest BCUT2D eigenvalue weighted by Gasteiger charge is 2.27. The molecule has 0 aromatic heterocycles. The molecule has 8 nitrogen and oxygen atoms in total. The third kappa shape index (κ3) is 6.47. The molecule has 0 saturated carbocycles. The molecule has 0 radical (unpaired) electrons. The summed E-state index contributed by atoms with van der Waals surface area (Å²) in [7, 11) is 2.93. The molecule has 0 unspecified atom stereocenters. The molecular formula is C19H28N2O6. The van der Waals surface area contributed by atoms with Crippen LogP contribution in [0.5, 0.6) is 0 Å². The Morgan fingerprint density at radius 3 is 1.59 bits per heavy atom. The van der Waals surface area contributed by atoms with E-state index in [-0.39, 0.29) is 11.3 Å². The number of benzene rings is 1. The predicted octanol–water partition coefficient (Wildman–Crippen LogP) is 4.13. The number of carboxylic acid groups (broad SMARTS) is 1. The first kappa shape index (κ1) is 22.3. The summed E-state index contributed by atoms with van der Waals surface area (Å²) in [6, 6.07) is 4.11. The Labute approximate surface area is 159 Å². The van der Waals surface area contributed by atoms with Gasteiger partial charge in [-0.25, -0.2) is 14.4 Å². The van der Waals surface area contributed by atoms with Gasteiger partial charge in [0.1, 0.15) is 11.2 Å². The fraction of sp³-hybridized carbons (Fsp3) is 0.526. The number of aromatic carboxylic acids is 1. The summed E-state index contributed by atoms with van der Waals surface area (Å²) in [5, 5.41) is 9.27. The maximum Gasteiger partial charge on any atom is 0.414 e. The molecule has 0 atom stereocenters. The van der Waals surface area contributed by atoms with Crippen molar-refractivity contribution in [1.29, 1.82) is 0 Å². The number of anilines is 2. The van der Waals surface area contributed by atoms with Crippen molar-refractivity contribution in [2.24, 2.45) is 0 Å². The van der Waals surface area contributed by atoms with Crippen LogP contribution in [0.25, 0.3) is 0 Å². The Kier molecular flexibility index (Phi) is 6.48. The lowest BCUT2D eigenvalue weighted by Crippen LogP contribution is -2.37. The zero-order chi connectivity index (χ0) is 21.2. The number of rotatable bonds is 3. The van der Waals surface area contributed by atoms with Gasteiger partial charge >= 0.3 is 18.2 Å². The van der Waals surface area contributed by atoms with Gasteiger partial charge in [0.25, 0.3) is 0 Å². The Morgan fingerprint density at radius 1 is 0.815 bits per heavy atom. The molecule has 8 heteroatoms. The molecule has 1 N–H and O–H groups in total. The molecule has 0 spiro atoms. The minimum Gasteiger partial charge on any atom is -0.478 e. The Morgan fingerprint density at radius 2 is 1.22 bits per heavy atom. The summed E-state index contributed by atoms with van der Waals surface area (Å²) in [5.41, 5.74) is -0.946. The van der Waals surface area contributed by atoms with Crippen molar-refractivity contribution in [3.63, 3.8) is 0 Å². The molecule has 2 amide bonds.